The first kappa shape index (κ1) is 14.7. The predicted molar refractivity (Wildman–Crippen MR) is 82.0 cm³/mol. The van der Waals surface area contributed by atoms with Gasteiger partial charge in [0, 0.05) is 13.1 Å². The summed E-state index contributed by atoms with van der Waals surface area (Å²) in [5.41, 5.74) is 11.1. The minimum atomic E-state index is 0.564. The van der Waals surface area contributed by atoms with Gasteiger partial charge in [-0.1, -0.05) is 42.1 Å². The highest BCUT2D eigenvalue weighted by atomic mass is 16.5. The molecule has 2 rings (SSSR count). The van der Waals surface area contributed by atoms with E-state index in [0.29, 0.717) is 12.5 Å². The highest BCUT2D eigenvalue weighted by molar-refractivity contribution is 5.20. The summed E-state index contributed by atoms with van der Waals surface area (Å²) in [6.07, 6.45) is 2.24. The van der Waals surface area contributed by atoms with Gasteiger partial charge in [0.25, 0.3) is 0 Å². The Kier molecular flexibility index (Phi) is 5.28. The lowest BCUT2D eigenvalue weighted by atomic mass is 9.97. The Balaban J connectivity index is 1.87. The normalized spacial score (nSPS) is 15.8. The van der Waals surface area contributed by atoms with Crippen molar-refractivity contribution in [3.05, 3.63) is 53.6 Å². The van der Waals surface area contributed by atoms with Gasteiger partial charge in [-0.15, -0.1) is 0 Å². The van der Waals surface area contributed by atoms with Crippen molar-refractivity contribution < 1.29 is 4.74 Å². The average Bonchev–Trinajstić information content (AvgIpc) is 2.50. The van der Waals surface area contributed by atoms with E-state index in [9.17, 15) is 0 Å². The molecule has 0 aliphatic carbocycles. The molecule has 20 heavy (non-hydrogen) atoms. The molecule has 1 saturated heterocycles. The molecule has 2 N–H and O–H groups in total. The van der Waals surface area contributed by atoms with Crippen molar-refractivity contribution >= 4 is 0 Å². The Morgan fingerprint density at radius 3 is 2.55 bits per heavy atom. The number of benzene rings is 1. The Morgan fingerprint density at radius 1 is 1.35 bits per heavy atom. The SMILES string of the molecule is C=C=C(OCc1ccc(C)cc1)N1CCC(CN)CC1. The van der Waals surface area contributed by atoms with E-state index < -0.39 is 0 Å². The van der Waals surface area contributed by atoms with E-state index in [0.717, 1.165) is 38.4 Å². The number of aryl methyl sites for hydroxylation is 1. The van der Waals surface area contributed by atoms with E-state index in [1.807, 2.05) is 0 Å². The maximum atomic E-state index is 5.86. The van der Waals surface area contributed by atoms with Crippen LogP contribution in [0.4, 0.5) is 0 Å². The fraction of sp³-hybridized carbons (Fsp3) is 0.471. The van der Waals surface area contributed by atoms with Crippen molar-refractivity contribution in [2.45, 2.75) is 26.4 Å². The van der Waals surface area contributed by atoms with Gasteiger partial charge in [-0.25, -0.2) is 0 Å². The van der Waals surface area contributed by atoms with Crippen LogP contribution < -0.4 is 5.73 Å². The summed E-state index contributed by atoms with van der Waals surface area (Å²) in [5.74, 6) is 1.41. The summed E-state index contributed by atoms with van der Waals surface area (Å²) in [6, 6.07) is 8.39. The van der Waals surface area contributed by atoms with Gasteiger partial charge in [0.05, 0.1) is 0 Å². The molecule has 1 aliphatic heterocycles. The first-order valence-corrected chi connectivity index (χ1v) is 7.26. The molecule has 0 spiro atoms. The van der Waals surface area contributed by atoms with Crippen LogP contribution in [0, 0.1) is 12.8 Å². The van der Waals surface area contributed by atoms with Crippen LogP contribution in [0.25, 0.3) is 0 Å². The smallest absolute Gasteiger partial charge is 0.235 e. The van der Waals surface area contributed by atoms with Gasteiger partial charge in [0.15, 0.2) is 0 Å². The van der Waals surface area contributed by atoms with Crippen LogP contribution in [0.2, 0.25) is 0 Å². The van der Waals surface area contributed by atoms with Crippen molar-refractivity contribution in [1.29, 1.82) is 0 Å². The minimum absolute atomic E-state index is 0.564. The second kappa shape index (κ2) is 7.18. The summed E-state index contributed by atoms with van der Waals surface area (Å²) in [6.45, 7) is 9.14. The number of hydrogen-bond donors (Lipinski definition) is 1. The molecule has 1 fully saturated rings. The van der Waals surface area contributed by atoms with E-state index in [2.05, 4.69) is 48.4 Å². The van der Waals surface area contributed by atoms with Crippen LogP contribution in [0.1, 0.15) is 24.0 Å². The topological polar surface area (TPSA) is 38.5 Å². The zero-order chi connectivity index (χ0) is 14.4. The number of nitrogens with two attached hydrogens (primary N) is 1. The second-order valence-corrected chi connectivity index (χ2v) is 5.42. The van der Waals surface area contributed by atoms with Crippen LogP contribution in [0.15, 0.2) is 42.5 Å². The lowest BCUT2D eigenvalue weighted by Gasteiger charge is -2.33. The molecule has 0 bridgehead atoms. The molecular formula is C17H24N2O. The lowest BCUT2D eigenvalue weighted by molar-refractivity contribution is 0.0808. The van der Waals surface area contributed by atoms with Gasteiger partial charge in [0.1, 0.15) is 6.61 Å². The molecule has 3 heteroatoms. The number of nitrogens with zero attached hydrogens (tertiary/aromatic N) is 1. The highest BCUT2D eigenvalue weighted by Crippen LogP contribution is 2.20. The Labute approximate surface area is 121 Å². The fourth-order valence-corrected chi connectivity index (χ4v) is 2.46. The number of rotatable bonds is 5. The Hall–Kier alpha value is -1.70. The molecule has 0 unspecified atom stereocenters. The molecule has 1 aromatic carbocycles. The van der Waals surface area contributed by atoms with Crippen molar-refractivity contribution in [3.8, 4) is 0 Å². The van der Waals surface area contributed by atoms with Crippen molar-refractivity contribution in [2.75, 3.05) is 19.6 Å². The molecule has 3 nitrogen and oxygen atoms in total. The first-order valence-electron chi connectivity index (χ1n) is 7.26. The average molecular weight is 272 g/mol. The third kappa shape index (κ3) is 3.89. The van der Waals surface area contributed by atoms with Gasteiger partial charge < -0.3 is 15.4 Å². The molecule has 1 aromatic rings. The monoisotopic (exact) mass is 272 g/mol. The first-order chi connectivity index (χ1) is 9.72. The third-order valence-corrected chi connectivity index (χ3v) is 3.88. The molecule has 108 valence electrons. The van der Waals surface area contributed by atoms with Crippen LogP contribution in [0.3, 0.4) is 0 Å². The largest absolute Gasteiger partial charge is 0.468 e. The summed E-state index contributed by atoms with van der Waals surface area (Å²) >= 11 is 0. The zero-order valence-corrected chi connectivity index (χ0v) is 12.3. The van der Waals surface area contributed by atoms with E-state index >= 15 is 0 Å². The van der Waals surface area contributed by atoms with Gasteiger partial charge >= 0.3 is 0 Å². The van der Waals surface area contributed by atoms with Crippen molar-refractivity contribution in [2.24, 2.45) is 11.7 Å². The van der Waals surface area contributed by atoms with E-state index in [-0.39, 0.29) is 0 Å². The predicted octanol–water partition coefficient (Wildman–Crippen LogP) is 2.81. The molecule has 0 atom stereocenters. The molecule has 1 heterocycles. The number of ether oxygens (including phenoxy) is 1. The van der Waals surface area contributed by atoms with E-state index in [1.165, 1.54) is 11.1 Å². The van der Waals surface area contributed by atoms with Gasteiger partial charge in [-0.05, 0) is 37.8 Å². The quantitative estimate of drug-likeness (QED) is 0.661. The van der Waals surface area contributed by atoms with Gasteiger partial charge in [0.2, 0.25) is 5.88 Å². The summed E-state index contributed by atoms with van der Waals surface area (Å²) in [5, 5.41) is 0. The maximum absolute atomic E-state index is 5.86. The summed E-state index contributed by atoms with van der Waals surface area (Å²) in [4.78, 5) is 2.22. The maximum Gasteiger partial charge on any atom is 0.235 e. The van der Waals surface area contributed by atoms with Crippen LogP contribution in [-0.2, 0) is 11.3 Å². The molecule has 0 saturated carbocycles. The summed E-state index contributed by atoms with van der Waals surface area (Å²) < 4.78 is 5.86. The number of piperidine rings is 1. The molecule has 0 radical (unpaired) electrons. The number of hydrogen-bond acceptors (Lipinski definition) is 3. The molecule has 0 aromatic heterocycles. The van der Waals surface area contributed by atoms with Gasteiger partial charge in [-0.3, -0.25) is 0 Å². The third-order valence-electron chi connectivity index (χ3n) is 3.88. The minimum Gasteiger partial charge on any atom is -0.468 e. The van der Waals surface area contributed by atoms with Gasteiger partial charge in [-0.2, -0.15) is 0 Å². The Bertz CT molecular complexity index is 466. The van der Waals surface area contributed by atoms with Crippen molar-refractivity contribution in [3.63, 3.8) is 0 Å². The second-order valence-electron chi connectivity index (χ2n) is 5.42. The lowest BCUT2D eigenvalue weighted by Crippen LogP contribution is -2.36. The van der Waals surface area contributed by atoms with Crippen LogP contribution in [0.5, 0.6) is 0 Å². The Morgan fingerprint density at radius 2 is 2.00 bits per heavy atom. The zero-order valence-electron chi connectivity index (χ0n) is 12.3. The standard InChI is InChI=1S/C17H24N2O/c1-3-17(19-10-8-15(12-18)9-11-19)20-13-16-6-4-14(2)5-7-16/h4-7,15H,1,8-13,18H2,2H3. The molecule has 0 amide bonds. The van der Waals surface area contributed by atoms with E-state index in [4.69, 9.17) is 10.5 Å². The summed E-state index contributed by atoms with van der Waals surface area (Å²) in [7, 11) is 0. The van der Waals surface area contributed by atoms with E-state index in [1.54, 1.807) is 0 Å². The molecule has 1 aliphatic rings. The van der Waals surface area contributed by atoms with Crippen LogP contribution in [-0.4, -0.2) is 24.5 Å². The fourth-order valence-electron chi connectivity index (χ4n) is 2.46. The van der Waals surface area contributed by atoms with Crippen molar-refractivity contribution in [1.82, 2.24) is 4.90 Å². The number of likely N-dealkylation sites (tertiary alicyclic amines) is 1. The molecular weight excluding hydrogens is 248 g/mol. The van der Waals surface area contributed by atoms with Crippen LogP contribution >= 0.6 is 0 Å². The highest BCUT2D eigenvalue weighted by Gasteiger charge is 2.20.